The molecule has 3 aromatic heterocycles. The number of fused-ring (bicyclic) bond motifs is 2. The molecule has 4 heterocycles. The molecule has 7 nitrogen and oxygen atoms in total. The SMILES string of the molecule is c1ccc2c(c1)OC[C@@H](c1nn3c(-c4ccncc4)nnc3s1)O2. The van der Waals surface area contributed by atoms with Crippen LogP contribution in [0.15, 0.2) is 48.8 Å². The summed E-state index contributed by atoms with van der Waals surface area (Å²) in [6, 6.07) is 11.4. The molecular weight excluding hydrogens is 326 g/mol. The molecule has 0 bridgehead atoms. The van der Waals surface area contributed by atoms with Crippen LogP contribution in [0, 0.1) is 0 Å². The van der Waals surface area contributed by atoms with Crippen LogP contribution in [0.5, 0.6) is 11.5 Å². The average Bonchev–Trinajstić information content (AvgIpc) is 3.23. The third-order valence-electron chi connectivity index (χ3n) is 3.73. The summed E-state index contributed by atoms with van der Waals surface area (Å²) in [5.41, 5.74) is 0.917. The minimum Gasteiger partial charge on any atom is -0.485 e. The monoisotopic (exact) mass is 337 g/mol. The highest BCUT2D eigenvalue weighted by molar-refractivity contribution is 7.16. The Morgan fingerprint density at radius 2 is 1.88 bits per heavy atom. The molecular formula is C16H11N5O2S. The van der Waals surface area contributed by atoms with Gasteiger partial charge in [-0.15, -0.1) is 10.2 Å². The van der Waals surface area contributed by atoms with E-state index in [1.807, 2.05) is 36.4 Å². The van der Waals surface area contributed by atoms with Gasteiger partial charge in [0.2, 0.25) is 4.96 Å². The van der Waals surface area contributed by atoms with Crippen molar-refractivity contribution in [2.75, 3.05) is 6.61 Å². The lowest BCUT2D eigenvalue weighted by molar-refractivity contribution is 0.0904. The Morgan fingerprint density at radius 3 is 2.75 bits per heavy atom. The van der Waals surface area contributed by atoms with E-state index in [0.29, 0.717) is 12.4 Å². The van der Waals surface area contributed by atoms with Crippen LogP contribution >= 0.6 is 11.3 Å². The molecule has 1 atom stereocenters. The summed E-state index contributed by atoms with van der Waals surface area (Å²) in [6.07, 6.45) is 3.19. The molecule has 0 saturated heterocycles. The van der Waals surface area contributed by atoms with Crippen LogP contribution in [-0.4, -0.2) is 31.4 Å². The van der Waals surface area contributed by atoms with Crippen LogP contribution in [-0.2, 0) is 0 Å². The minimum atomic E-state index is -0.253. The van der Waals surface area contributed by atoms with Crippen LogP contribution < -0.4 is 9.47 Å². The molecule has 118 valence electrons. The van der Waals surface area contributed by atoms with Crippen LogP contribution in [0.3, 0.4) is 0 Å². The summed E-state index contributed by atoms with van der Waals surface area (Å²) in [4.78, 5) is 4.75. The second-order valence-corrected chi connectivity index (χ2v) is 6.25. The number of para-hydroxylation sites is 2. The maximum atomic E-state index is 6.01. The van der Waals surface area contributed by atoms with Crippen LogP contribution in [0.1, 0.15) is 11.1 Å². The zero-order chi connectivity index (χ0) is 15.9. The second kappa shape index (κ2) is 5.27. The highest BCUT2D eigenvalue weighted by Gasteiger charge is 2.26. The van der Waals surface area contributed by atoms with Gasteiger partial charge in [0.05, 0.1) is 0 Å². The lowest BCUT2D eigenvalue weighted by atomic mass is 10.2. The average molecular weight is 337 g/mol. The predicted octanol–water partition coefficient (Wildman–Crippen LogP) is 2.76. The molecule has 0 unspecified atom stereocenters. The number of aromatic nitrogens is 5. The lowest BCUT2D eigenvalue weighted by Gasteiger charge is -2.24. The molecule has 0 radical (unpaired) electrons. The van der Waals surface area contributed by atoms with E-state index in [2.05, 4.69) is 20.3 Å². The summed E-state index contributed by atoms with van der Waals surface area (Å²) in [5, 5.41) is 13.9. The van der Waals surface area contributed by atoms with E-state index < -0.39 is 0 Å². The van der Waals surface area contributed by atoms with Gasteiger partial charge in [0.1, 0.15) is 6.61 Å². The number of pyridine rings is 1. The van der Waals surface area contributed by atoms with Crippen molar-refractivity contribution in [3.05, 3.63) is 53.8 Å². The zero-order valence-electron chi connectivity index (χ0n) is 12.4. The van der Waals surface area contributed by atoms with Crippen molar-refractivity contribution < 1.29 is 9.47 Å². The topological polar surface area (TPSA) is 74.4 Å². The first-order valence-corrected chi connectivity index (χ1v) is 8.21. The Morgan fingerprint density at radius 1 is 1.04 bits per heavy atom. The molecule has 5 rings (SSSR count). The molecule has 1 aliphatic heterocycles. The quantitative estimate of drug-likeness (QED) is 0.560. The second-order valence-electron chi connectivity index (χ2n) is 5.26. The van der Waals surface area contributed by atoms with Gasteiger partial charge in [-0.25, -0.2) is 0 Å². The van der Waals surface area contributed by atoms with Gasteiger partial charge >= 0.3 is 0 Å². The van der Waals surface area contributed by atoms with Gasteiger partial charge < -0.3 is 9.47 Å². The Balaban J connectivity index is 1.52. The molecule has 0 aliphatic carbocycles. The first kappa shape index (κ1) is 13.4. The van der Waals surface area contributed by atoms with Crippen molar-refractivity contribution in [2.45, 2.75) is 6.10 Å². The Labute approximate surface area is 140 Å². The van der Waals surface area contributed by atoms with Gasteiger partial charge in [0.25, 0.3) is 0 Å². The summed E-state index contributed by atoms with van der Waals surface area (Å²) < 4.78 is 13.5. The molecule has 0 N–H and O–H groups in total. The fraction of sp³-hybridized carbons (Fsp3) is 0.125. The van der Waals surface area contributed by atoms with E-state index in [4.69, 9.17) is 9.47 Å². The Kier molecular flexibility index (Phi) is 2.95. The van der Waals surface area contributed by atoms with Crippen molar-refractivity contribution >= 4 is 16.3 Å². The van der Waals surface area contributed by atoms with Crippen molar-refractivity contribution in [3.8, 4) is 22.9 Å². The van der Waals surface area contributed by atoms with Crippen LogP contribution in [0.25, 0.3) is 16.3 Å². The van der Waals surface area contributed by atoms with E-state index in [-0.39, 0.29) is 6.10 Å². The standard InChI is InChI=1S/C16H11N5O2S/c1-2-4-12-11(3-1)22-9-13(23-12)15-20-21-14(18-19-16(21)24-15)10-5-7-17-8-6-10/h1-8,13H,9H2/t13-/m0/s1. The highest BCUT2D eigenvalue weighted by Crippen LogP contribution is 2.37. The number of rotatable bonds is 2. The molecule has 1 aliphatic rings. The minimum absolute atomic E-state index is 0.253. The lowest BCUT2D eigenvalue weighted by Crippen LogP contribution is -2.21. The first-order valence-electron chi connectivity index (χ1n) is 7.39. The van der Waals surface area contributed by atoms with E-state index in [9.17, 15) is 0 Å². The van der Waals surface area contributed by atoms with Gasteiger partial charge in [-0.3, -0.25) is 4.98 Å². The summed E-state index contributed by atoms with van der Waals surface area (Å²) in [7, 11) is 0. The fourth-order valence-corrected chi connectivity index (χ4v) is 3.44. The molecule has 0 saturated carbocycles. The van der Waals surface area contributed by atoms with Crippen molar-refractivity contribution in [3.63, 3.8) is 0 Å². The normalized spacial score (nSPS) is 16.4. The number of hydrogen-bond donors (Lipinski definition) is 0. The molecule has 24 heavy (non-hydrogen) atoms. The molecule has 8 heteroatoms. The van der Waals surface area contributed by atoms with Crippen molar-refractivity contribution in [1.82, 2.24) is 24.8 Å². The van der Waals surface area contributed by atoms with E-state index in [0.717, 1.165) is 27.0 Å². The smallest absolute Gasteiger partial charge is 0.235 e. The van der Waals surface area contributed by atoms with Gasteiger partial charge in [-0.1, -0.05) is 23.5 Å². The third kappa shape index (κ3) is 2.11. The third-order valence-corrected chi connectivity index (χ3v) is 4.72. The maximum Gasteiger partial charge on any atom is 0.235 e. The van der Waals surface area contributed by atoms with Crippen molar-refractivity contribution in [2.24, 2.45) is 0 Å². The fourth-order valence-electron chi connectivity index (χ4n) is 2.58. The molecule has 0 amide bonds. The van der Waals surface area contributed by atoms with Gasteiger partial charge in [-0.2, -0.15) is 9.61 Å². The zero-order valence-corrected chi connectivity index (χ0v) is 13.2. The predicted molar refractivity (Wildman–Crippen MR) is 87.2 cm³/mol. The number of hydrogen-bond acceptors (Lipinski definition) is 7. The summed E-state index contributed by atoms with van der Waals surface area (Å²) in [5.74, 6) is 2.18. The van der Waals surface area contributed by atoms with Gasteiger partial charge in [0, 0.05) is 18.0 Å². The molecule has 1 aromatic carbocycles. The number of benzene rings is 1. The summed E-state index contributed by atoms with van der Waals surface area (Å²) in [6.45, 7) is 0.422. The number of ether oxygens (including phenoxy) is 2. The van der Waals surface area contributed by atoms with E-state index >= 15 is 0 Å². The van der Waals surface area contributed by atoms with E-state index in [1.54, 1.807) is 16.9 Å². The van der Waals surface area contributed by atoms with Gasteiger partial charge in [-0.05, 0) is 24.3 Å². The maximum absolute atomic E-state index is 6.01. The van der Waals surface area contributed by atoms with Crippen LogP contribution in [0.2, 0.25) is 0 Å². The molecule has 4 aromatic rings. The number of nitrogens with zero attached hydrogens (tertiary/aromatic N) is 5. The Hall–Kier alpha value is -3.00. The largest absolute Gasteiger partial charge is 0.485 e. The molecule has 0 spiro atoms. The van der Waals surface area contributed by atoms with Crippen LogP contribution in [0.4, 0.5) is 0 Å². The molecule has 0 fully saturated rings. The highest BCUT2D eigenvalue weighted by atomic mass is 32.1. The Bertz CT molecular complexity index is 1010. The van der Waals surface area contributed by atoms with Crippen molar-refractivity contribution in [1.29, 1.82) is 0 Å². The summed E-state index contributed by atoms with van der Waals surface area (Å²) >= 11 is 1.45. The van der Waals surface area contributed by atoms with E-state index in [1.165, 1.54) is 11.3 Å². The van der Waals surface area contributed by atoms with Gasteiger partial charge in [0.15, 0.2) is 28.4 Å². The first-order chi connectivity index (χ1) is 11.9.